The number of fused-ring (bicyclic) bond motifs is 1. The zero-order valence-corrected chi connectivity index (χ0v) is 9.31. The van der Waals surface area contributed by atoms with E-state index in [-0.39, 0.29) is 0 Å². The fourth-order valence-electron chi connectivity index (χ4n) is 1.50. The highest BCUT2D eigenvalue weighted by Gasteiger charge is 2.16. The molecule has 0 bridgehead atoms. The van der Waals surface area contributed by atoms with Crippen LogP contribution in [-0.2, 0) is 9.59 Å². The average Bonchev–Trinajstić information content (AvgIpc) is 2.65. The summed E-state index contributed by atoms with van der Waals surface area (Å²) in [5.74, 6) is -1.73. The lowest BCUT2D eigenvalue weighted by atomic mass is 10.2. The molecule has 0 atom stereocenters. The van der Waals surface area contributed by atoms with Crippen molar-refractivity contribution < 1.29 is 14.0 Å². The summed E-state index contributed by atoms with van der Waals surface area (Å²) in [6, 6.07) is 4.75. The molecule has 1 heterocycles. The summed E-state index contributed by atoms with van der Waals surface area (Å²) in [6.07, 6.45) is 0. The summed E-state index contributed by atoms with van der Waals surface area (Å²) in [6.45, 7) is 1.20. The van der Waals surface area contributed by atoms with Gasteiger partial charge in [-0.05, 0) is 12.1 Å². The second kappa shape index (κ2) is 3.89. The number of nitrogens with one attached hydrogen (secondary N) is 1. The van der Waals surface area contributed by atoms with Crippen molar-refractivity contribution in [2.24, 2.45) is 0 Å². The molecule has 0 saturated heterocycles. The number of carbonyl (C=O) groups excluding carboxylic acids is 2. The average molecular weight is 234 g/mol. The third-order valence-corrected chi connectivity index (χ3v) is 2.40. The first-order valence-corrected chi connectivity index (χ1v) is 4.90. The third kappa shape index (κ3) is 1.96. The number of hydrogen-bond donors (Lipinski definition) is 1. The maximum atomic E-state index is 11.5. The first kappa shape index (κ1) is 11.1. The summed E-state index contributed by atoms with van der Waals surface area (Å²) in [4.78, 5) is 37.1. The Morgan fingerprint density at radius 1 is 1.35 bits per heavy atom. The number of rotatable bonds is 2. The van der Waals surface area contributed by atoms with Gasteiger partial charge in [-0.25, -0.2) is 4.79 Å². The lowest BCUT2D eigenvalue weighted by molar-refractivity contribution is -0.134. The maximum Gasteiger partial charge on any atom is 0.417 e. The first-order chi connectivity index (χ1) is 7.99. The van der Waals surface area contributed by atoms with Crippen molar-refractivity contribution in [3.05, 3.63) is 28.7 Å². The number of aromatic nitrogens is 1. The number of aromatic amines is 1. The minimum Gasteiger partial charge on any atom is -0.408 e. The summed E-state index contributed by atoms with van der Waals surface area (Å²) >= 11 is 0. The lowest BCUT2D eigenvalue weighted by Gasteiger charge is -2.14. The Hall–Kier alpha value is -2.37. The Balaban J connectivity index is 2.45. The van der Waals surface area contributed by atoms with Crippen molar-refractivity contribution in [2.45, 2.75) is 6.92 Å². The third-order valence-electron chi connectivity index (χ3n) is 2.40. The molecule has 1 aromatic carbocycles. The minimum atomic E-state index is -0.623. The van der Waals surface area contributed by atoms with Crippen molar-refractivity contribution >= 4 is 28.5 Å². The largest absolute Gasteiger partial charge is 0.417 e. The van der Waals surface area contributed by atoms with Gasteiger partial charge in [-0.2, -0.15) is 0 Å². The highest BCUT2D eigenvalue weighted by molar-refractivity contribution is 6.40. The molecular weight excluding hydrogens is 224 g/mol. The van der Waals surface area contributed by atoms with Crippen molar-refractivity contribution in [3.8, 4) is 0 Å². The first-order valence-electron chi connectivity index (χ1n) is 4.90. The van der Waals surface area contributed by atoms with E-state index in [0.29, 0.717) is 16.8 Å². The van der Waals surface area contributed by atoms with E-state index in [0.717, 1.165) is 0 Å². The Bertz CT molecular complexity index is 653. The normalized spacial score (nSPS) is 10.5. The maximum absolute atomic E-state index is 11.5. The monoisotopic (exact) mass is 234 g/mol. The minimum absolute atomic E-state index is 0.343. The van der Waals surface area contributed by atoms with Gasteiger partial charge in [0, 0.05) is 25.7 Å². The molecule has 0 aliphatic heterocycles. The Morgan fingerprint density at radius 2 is 2.06 bits per heavy atom. The van der Waals surface area contributed by atoms with E-state index in [9.17, 15) is 14.4 Å². The number of carbonyl (C=O) groups is 2. The number of nitrogens with zero attached hydrogens (tertiary/aromatic N) is 1. The van der Waals surface area contributed by atoms with Crippen LogP contribution < -0.4 is 10.7 Å². The summed E-state index contributed by atoms with van der Waals surface area (Å²) in [5, 5.41) is 0. The van der Waals surface area contributed by atoms with E-state index >= 15 is 0 Å². The molecule has 0 aliphatic rings. The van der Waals surface area contributed by atoms with E-state index in [1.54, 1.807) is 12.1 Å². The molecule has 0 aliphatic carbocycles. The number of likely N-dealkylation sites (N-methyl/N-ethyl adjacent to an activating group) is 1. The molecular formula is C11H10N2O4. The summed E-state index contributed by atoms with van der Waals surface area (Å²) < 4.78 is 4.86. The van der Waals surface area contributed by atoms with E-state index in [4.69, 9.17) is 4.42 Å². The number of amides is 1. The fourth-order valence-corrected chi connectivity index (χ4v) is 1.50. The molecule has 0 fully saturated rings. The van der Waals surface area contributed by atoms with Crippen molar-refractivity contribution in [1.82, 2.24) is 4.98 Å². The second-order valence-electron chi connectivity index (χ2n) is 3.62. The molecule has 6 nitrogen and oxygen atoms in total. The quantitative estimate of drug-likeness (QED) is 0.774. The van der Waals surface area contributed by atoms with E-state index in [2.05, 4.69) is 4.98 Å². The van der Waals surface area contributed by atoms with Crippen LogP contribution in [0.1, 0.15) is 6.92 Å². The van der Waals surface area contributed by atoms with E-state index in [1.807, 2.05) is 0 Å². The number of oxazole rings is 1. The van der Waals surface area contributed by atoms with Gasteiger partial charge in [0.15, 0.2) is 5.58 Å². The van der Waals surface area contributed by atoms with Crippen LogP contribution in [0.25, 0.3) is 11.1 Å². The predicted molar refractivity (Wildman–Crippen MR) is 60.9 cm³/mol. The number of Topliss-reactive ketones (excluding diaryl/α,β-unsaturated/α-hetero) is 1. The van der Waals surface area contributed by atoms with Crippen LogP contribution in [0.4, 0.5) is 5.69 Å². The lowest BCUT2D eigenvalue weighted by Crippen LogP contribution is -2.31. The van der Waals surface area contributed by atoms with Gasteiger partial charge in [0.1, 0.15) is 0 Å². The van der Waals surface area contributed by atoms with E-state index < -0.39 is 17.4 Å². The molecule has 1 N–H and O–H groups in total. The van der Waals surface area contributed by atoms with Gasteiger partial charge in [0.25, 0.3) is 5.91 Å². The van der Waals surface area contributed by atoms with Gasteiger partial charge < -0.3 is 9.32 Å². The van der Waals surface area contributed by atoms with Crippen LogP contribution in [0.5, 0.6) is 0 Å². The summed E-state index contributed by atoms with van der Waals surface area (Å²) in [7, 11) is 1.48. The molecule has 0 unspecified atom stereocenters. The molecule has 2 aromatic rings. The smallest absolute Gasteiger partial charge is 0.408 e. The second-order valence-corrected chi connectivity index (χ2v) is 3.62. The highest BCUT2D eigenvalue weighted by Crippen LogP contribution is 2.19. The zero-order valence-electron chi connectivity index (χ0n) is 9.31. The standard InChI is InChI=1S/C11H10N2O4/c1-6(14)10(15)13(2)7-3-4-8-9(5-7)17-11(16)12-8/h3-5H,1-2H3,(H,12,16). The topological polar surface area (TPSA) is 83.4 Å². The van der Waals surface area contributed by atoms with Gasteiger partial charge in [-0.1, -0.05) is 0 Å². The molecule has 88 valence electrons. The Kier molecular flexibility index (Phi) is 2.55. The molecule has 6 heteroatoms. The molecule has 1 amide bonds. The number of anilines is 1. The van der Waals surface area contributed by atoms with Crippen LogP contribution in [0.2, 0.25) is 0 Å². The molecule has 1 aromatic heterocycles. The van der Waals surface area contributed by atoms with Gasteiger partial charge in [0.05, 0.1) is 5.52 Å². The van der Waals surface area contributed by atoms with Crippen LogP contribution in [-0.4, -0.2) is 23.7 Å². The molecule has 17 heavy (non-hydrogen) atoms. The van der Waals surface area contributed by atoms with Crippen molar-refractivity contribution in [1.29, 1.82) is 0 Å². The van der Waals surface area contributed by atoms with Gasteiger partial charge in [-0.3, -0.25) is 14.6 Å². The van der Waals surface area contributed by atoms with E-state index in [1.165, 1.54) is 24.9 Å². The number of benzene rings is 1. The van der Waals surface area contributed by atoms with Crippen molar-refractivity contribution in [3.63, 3.8) is 0 Å². The number of ketones is 1. The molecule has 0 radical (unpaired) electrons. The van der Waals surface area contributed by atoms with Crippen LogP contribution in [0.15, 0.2) is 27.4 Å². The van der Waals surface area contributed by atoms with Crippen LogP contribution in [0.3, 0.4) is 0 Å². The van der Waals surface area contributed by atoms with Gasteiger partial charge in [0.2, 0.25) is 5.78 Å². The number of H-pyrrole nitrogens is 1. The van der Waals surface area contributed by atoms with Crippen LogP contribution in [0, 0.1) is 0 Å². The fraction of sp³-hybridized carbons (Fsp3) is 0.182. The Morgan fingerprint density at radius 3 is 2.71 bits per heavy atom. The molecule has 0 spiro atoms. The summed E-state index contributed by atoms with van der Waals surface area (Å²) in [5.41, 5.74) is 1.37. The highest BCUT2D eigenvalue weighted by atomic mass is 16.4. The van der Waals surface area contributed by atoms with Gasteiger partial charge in [-0.15, -0.1) is 0 Å². The zero-order chi connectivity index (χ0) is 12.6. The predicted octanol–water partition coefficient (Wildman–Crippen LogP) is 0.673. The molecule has 0 saturated carbocycles. The Labute approximate surface area is 95.8 Å². The van der Waals surface area contributed by atoms with Gasteiger partial charge >= 0.3 is 5.76 Å². The number of hydrogen-bond acceptors (Lipinski definition) is 4. The van der Waals surface area contributed by atoms with Crippen LogP contribution >= 0.6 is 0 Å². The SMILES string of the molecule is CC(=O)C(=O)N(C)c1ccc2[nH]c(=O)oc2c1. The molecule has 2 rings (SSSR count). The van der Waals surface area contributed by atoms with Crippen molar-refractivity contribution in [2.75, 3.05) is 11.9 Å².